The molecule has 1 aliphatic carbocycles. The number of nitrogens with one attached hydrogen (secondary N) is 1. The topological polar surface area (TPSA) is 92.6 Å². The average molecular weight is 414 g/mol. The minimum atomic E-state index is -0.508. The summed E-state index contributed by atoms with van der Waals surface area (Å²) in [5.74, 6) is -1.07. The molecule has 0 radical (unpaired) electrons. The molecule has 0 bridgehead atoms. The van der Waals surface area contributed by atoms with Gasteiger partial charge in [-0.15, -0.1) is 0 Å². The molecule has 2 atom stereocenters. The molecule has 2 aromatic carbocycles. The van der Waals surface area contributed by atoms with Crippen LogP contribution < -0.4 is 10.2 Å². The van der Waals surface area contributed by atoms with E-state index in [1.807, 2.05) is 12.1 Å². The van der Waals surface area contributed by atoms with Crippen LogP contribution in [0.5, 0.6) is 0 Å². The number of nitro groups is 1. The van der Waals surface area contributed by atoms with Gasteiger partial charge in [0, 0.05) is 17.6 Å². The first-order valence-electron chi connectivity index (χ1n) is 9.60. The Hall–Kier alpha value is -2.93. The monoisotopic (exact) mass is 413 g/mol. The van der Waals surface area contributed by atoms with Gasteiger partial charge in [-0.2, -0.15) is 0 Å². The average Bonchev–Trinajstić information content (AvgIpc) is 2.98. The lowest BCUT2D eigenvalue weighted by molar-refractivity contribution is -0.383. The van der Waals surface area contributed by atoms with Gasteiger partial charge >= 0.3 is 0 Å². The van der Waals surface area contributed by atoms with Crippen molar-refractivity contribution >= 4 is 40.5 Å². The van der Waals surface area contributed by atoms with E-state index in [4.69, 9.17) is 11.6 Å². The summed E-state index contributed by atoms with van der Waals surface area (Å²) in [5, 5.41) is 15.3. The minimum Gasteiger partial charge on any atom is -0.375 e. The number of nitrogens with zero attached hydrogens (tertiary/aromatic N) is 2. The lowest BCUT2D eigenvalue weighted by Crippen LogP contribution is -2.30. The van der Waals surface area contributed by atoms with E-state index in [-0.39, 0.29) is 35.0 Å². The van der Waals surface area contributed by atoms with E-state index in [0.717, 1.165) is 23.3 Å². The summed E-state index contributed by atoms with van der Waals surface area (Å²) in [6.07, 6.45) is 3.27. The largest absolute Gasteiger partial charge is 0.375 e. The zero-order chi connectivity index (χ0) is 20.5. The Morgan fingerprint density at radius 2 is 1.66 bits per heavy atom. The van der Waals surface area contributed by atoms with Crippen LogP contribution in [0.4, 0.5) is 17.1 Å². The second-order valence-electron chi connectivity index (χ2n) is 7.45. The number of fused-ring (bicyclic) bond motifs is 1. The van der Waals surface area contributed by atoms with Crippen LogP contribution in [0.25, 0.3) is 0 Å². The second-order valence-corrected chi connectivity index (χ2v) is 7.88. The molecular weight excluding hydrogens is 394 g/mol. The van der Waals surface area contributed by atoms with Crippen molar-refractivity contribution in [2.24, 2.45) is 11.8 Å². The highest BCUT2D eigenvalue weighted by Gasteiger charge is 2.49. The van der Waals surface area contributed by atoms with Gasteiger partial charge in [0.15, 0.2) is 0 Å². The van der Waals surface area contributed by atoms with E-state index in [2.05, 4.69) is 5.32 Å². The van der Waals surface area contributed by atoms with Crippen LogP contribution >= 0.6 is 11.6 Å². The molecule has 29 heavy (non-hydrogen) atoms. The van der Waals surface area contributed by atoms with Crippen molar-refractivity contribution in [3.63, 3.8) is 0 Å². The first-order chi connectivity index (χ1) is 14.0. The highest BCUT2D eigenvalue weighted by atomic mass is 35.5. The summed E-state index contributed by atoms with van der Waals surface area (Å²) in [7, 11) is 0. The van der Waals surface area contributed by atoms with Gasteiger partial charge in [0.25, 0.3) is 5.69 Å². The summed E-state index contributed by atoms with van der Waals surface area (Å²) >= 11 is 5.87. The summed E-state index contributed by atoms with van der Waals surface area (Å²) < 4.78 is 0. The third-order valence-corrected chi connectivity index (χ3v) is 5.93. The fourth-order valence-electron chi connectivity index (χ4n) is 4.18. The van der Waals surface area contributed by atoms with Gasteiger partial charge in [-0.05, 0) is 42.7 Å². The summed E-state index contributed by atoms with van der Waals surface area (Å²) in [6.45, 7) is 0.378. The molecule has 2 aromatic rings. The third kappa shape index (κ3) is 3.70. The minimum absolute atomic E-state index is 0.174. The fraction of sp³-hybridized carbons (Fsp3) is 0.333. The number of halogens is 1. The smallest absolute Gasteiger partial charge is 0.294 e. The number of benzene rings is 2. The highest BCUT2D eigenvalue weighted by Crippen LogP contribution is 2.41. The SMILES string of the molecule is O=C1[C@@H]2CCCC[C@H]2C(=O)N1c1ccc(NCc2ccc(Cl)cc2)c([N+](=O)[O-])c1. The normalized spacial score (nSPS) is 21.2. The maximum Gasteiger partial charge on any atom is 0.294 e. The predicted molar refractivity (Wildman–Crippen MR) is 110 cm³/mol. The van der Waals surface area contributed by atoms with Crippen molar-refractivity contribution < 1.29 is 14.5 Å². The number of carbonyl (C=O) groups excluding carboxylic acids is 2. The molecule has 0 unspecified atom stereocenters. The number of amides is 2. The molecule has 0 aromatic heterocycles. The van der Waals surface area contributed by atoms with Gasteiger partial charge < -0.3 is 5.32 Å². The van der Waals surface area contributed by atoms with Gasteiger partial charge in [0.1, 0.15) is 5.69 Å². The van der Waals surface area contributed by atoms with E-state index >= 15 is 0 Å². The second kappa shape index (κ2) is 7.83. The van der Waals surface area contributed by atoms with Gasteiger partial charge in [0.2, 0.25) is 11.8 Å². The van der Waals surface area contributed by atoms with Gasteiger partial charge in [-0.3, -0.25) is 19.7 Å². The Kier molecular flexibility index (Phi) is 5.24. The summed E-state index contributed by atoms with van der Waals surface area (Å²) in [5.41, 5.74) is 1.33. The van der Waals surface area contributed by atoms with Crippen molar-refractivity contribution in [3.05, 3.63) is 63.2 Å². The number of anilines is 2. The van der Waals surface area contributed by atoms with Gasteiger partial charge in [-0.1, -0.05) is 36.6 Å². The Bertz CT molecular complexity index is 952. The zero-order valence-corrected chi connectivity index (χ0v) is 16.4. The van der Waals surface area contributed by atoms with Crippen molar-refractivity contribution in [2.45, 2.75) is 32.2 Å². The van der Waals surface area contributed by atoms with E-state index in [9.17, 15) is 19.7 Å². The number of carbonyl (C=O) groups is 2. The van der Waals surface area contributed by atoms with E-state index in [0.29, 0.717) is 30.1 Å². The van der Waals surface area contributed by atoms with Gasteiger partial charge in [-0.25, -0.2) is 4.90 Å². The fourth-order valence-corrected chi connectivity index (χ4v) is 4.30. The van der Waals surface area contributed by atoms with Crippen LogP contribution in [-0.2, 0) is 16.1 Å². The molecule has 1 aliphatic heterocycles. The molecular formula is C21H20ClN3O4. The highest BCUT2D eigenvalue weighted by molar-refractivity contribution is 6.30. The molecule has 2 aliphatic rings. The zero-order valence-electron chi connectivity index (χ0n) is 15.6. The molecule has 1 saturated carbocycles. The summed E-state index contributed by atoms with van der Waals surface area (Å²) in [6, 6.07) is 11.6. The quantitative estimate of drug-likeness (QED) is 0.441. The lowest BCUT2D eigenvalue weighted by Gasteiger charge is -2.19. The predicted octanol–water partition coefficient (Wildman–Crippen LogP) is 4.54. The lowest BCUT2D eigenvalue weighted by atomic mass is 9.81. The molecule has 1 saturated heterocycles. The van der Waals surface area contributed by atoms with Crippen LogP contribution in [0, 0.1) is 22.0 Å². The van der Waals surface area contributed by atoms with Crippen LogP contribution in [0.3, 0.4) is 0 Å². The van der Waals surface area contributed by atoms with Crippen molar-refractivity contribution in [1.29, 1.82) is 0 Å². The maximum absolute atomic E-state index is 12.8. The number of hydrogen-bond donors (Lipinski definition) is 1. The molecule has 0 spiro atoms. The first-order valence-corrected chi connectivity index (χ1v) is 9.98. The maximum atomic E-state index is 12.8. The first kappa shape index (κ1) is 19.4. The number of rotatable bonds is 5. The molecule has 2 fully saturated rings. The Morgan fingerprint density at radius 3 is 2.24 bits per heavy atom. The van der Waals surface area contributed by atoms with Crippen molar-refractivity contribution in [1.82, 2.24) is 0 Å². The molecule has 2 amide bonds. The third-order valence-electron chi connectivity index (χ3n) is 5.67. The molecule has 7 nitrogen and oxygen atoms in total. The molecule has 4 rings (SSSR count). The van der Waals surface area contributed by atoms with Crippen LogP contribution in [0.15, 0.2) is 42.5 Å². The van der Waals surface area contributed by atoms with E-state index in [1.54, 1.807) is 24.3 Å². The van der Waals surface area contributed by atoms with E-state index < -0.39 is 4.92 Å². The number of nitro benzene ring substituents is 1. The van der Waals surface area contributed by atoms with E-state index in [1.165, 1.54) is 6.07 Å². The van der Waals surface area contributed by atoms with Crippen LogP contribution in [0.1, 0.15) is 31.2 Å². The Morgan fingerprint density at radius 1 is 1.03 bits per heavy atom. The Balaban J connectivity index is 1.59. The number of imide groups is 1. The van der Waals surface area contributed by atoms with Crippen LogP contribution in [0.2, 0.25) is 5.02 Å². The molecule has 150 valence electrons. The van der Waals surface area contributed by atoms with Crippen molar-refractivity contribution in [2.75, 3.05) is 10.2 Å². The van der Waals surface area contributed by atoms with Crippen molar-refractivity contribution in [3.8, 4) is 0 Å². The van der Waals surface area contributed by atoms with Crippen LogP contribution in [-0.4, -0.2) is 16.7 Å². The standard InChI is InChI=1S/C21H20ClN3O4/c22-14-7-5-13(6-8-14)12-23-18-10-9-15(11-19(18)25(28)29)24-20(26)16-3-1-2-4-17(16)21(24)27/h5-11,16-17,23H,1-4,12H2/t16-,17-/m1/s1. The number of hydrogen-bond acceptors (Lipinski definition) is 5. The van der Waals surface area contributed by atoms with Gasteiger partial charge in [0.05, 0.1) is 22.4 Å². The molecule has 1 N–H and O–H groups in total. The Labute approximate surface area is 172 Å². The molecule has 8 heteroatoms. The molecule has 1 heterocycles. The summed E-state index contributed by atoms with van der Waals surface area (Å²) in [4.78, 5) is 37.8.